The number of hydrogen-bond acceptors (Lipinski definition) is 19. The SMILES string of the molecule is COc1c(N2C[C@@H]3CCCN(CCCCCCCCCCCCO[C@H]4[C@@H](O[C@@H]5[C@@H](O)[C@H](O[C@H]6O[C@H](CN)[C@@H](O)C[C@H]6N)[C@@H](N)C[C@H]5N)O[C@H](CO)[C@@H](O)[C@@H]4N)[C@@H]3C2)c(F)cc2c(=O)c(C(=O)O)cn(C3CC3)c12.Cl.Cl.Cl.Cl.Cl. The van der Waals surface area contributed by atoms with Gasteiger partial charge in [-0.3, -0.25) is 9.69 Å². The highest BCUT2D eigenvalue weighted by atomic mass is 35.5. The van der Waals surface area contributed by atoms with Crippen molar-refractivity contribution in [2.75, 3.05) is 57.9 Å². The lowest BCUT2D eigenvalue weighted by Gasteiger charge is -2.48. The number of anilines is 1. The van der Waals surface area contributed by atoms with Crippen molar-refractivity contribution in [2.24, 2.45) is 34.6 Å². The molecule has 0 unspecified atom stereocenters. The predicted octanol–water partition coefficient (Wildman–Crippen LogP) is 2.84. The first-order valence-corrected chi connectivity index (χ1v) is 26.9. The van der Waals surface area contributed by atoms with E-state index in [0.29, 0.717) is 48.6 Å². The Morgan fingerprint density at radius 3 is 1.97 bits per heavy atom. The van der Waals surface area contributed by atoms with Gasteiger partial charge in [0.2, 0.25) is 5.43 Å². The van der Waals surface area contributed by atoms with Gasteiger partial charge in [-0.05, 0) is 76.4 Å². The monoisotopic (exact) mass is 1210 g/mol. The summed E-state index contributed by atoms with van der Waals surface area (Å²) in [5, 5.41) is 52.4. The zero-order valence-corrected chi connectivity index (χ0v) is 48.5. The molecule has 21 nitrogen and oxygen atoms in total. The van der Waals surface area contributed by atoms with Crippen molar-refractivity contribution in [1.82, 2.24) is 9.47 Å². The largest absolute Gasteiger partial charge is 0.492 e. The molecule has 0 bridgehead atoms. The van der Waals surface area contributed by atoms with E-state index in [2.05, 4.69) is 9.80 Å². The molecule has 16 atom stereocenters. The Hall–Kier alpha value is -1.72. The quantitative estimate of drug-likeness (QED) is 0.0676. The number of aromatic carboxylic acids is 1. The van der Waals surface area contributed by atoms with Crippen LogP contribution in [0.4, 0.5) is 10.1 Å². The van der Waals surface area contributed by atoms with Gasteiger partial charge >= 0.3 is 5.97 Å². The minimum Gasteiger partial charge on any atom is -0.492 e. The van der Waals surface area contributed by atoms with Gasteiger partial charge in [-0.2, -0.15) is 0 Å². The number of benzene rings is 1. The van der Waals surface area contributed by atoms with Crippen molar-refractivity contribution in [3.63, 3.8) is 0 Å². The Kier molecular flexibility index (Phi) is 29.3. The predicted molar refractivity (Wildman–Crippen MR) is 305 cm³/mol. The molecular formula is C51H88Cl5FN8O13. The van der Waals surface area contributed by atoms with E-state index < -0.39 is 109 Å². The van der Waals surface area contributed by atoms with Crippen LogP contribution in [0.5, 0.6) is 5.75 Å². The lowest BCUT2D eigenvalue weighted by atomic mass is 9.84. The zero-order valence-electron chi connectivity index (χ0n) is 44.4. The summed E-state index contributed by atoms with van der Waals surface area (Å²) in [4.78, 5) is 29.8. The van der Waals surface area contributed by atoms with Crippen molar-refractivity contribution < 1.29 is 63.1 Å². The van der Waals surface area contributed by atoms with Gasteiger partial charge in [0.1, 0.15) is 47.9 Å². The molecule has 4 aliphatic heterocycles. The number of aromatic nitrogens is 1. The Labute approximate surface area is 487 Å². The normalized spacial score (nSPS) is 32.9. The first kappa shape index (κ1) is 70.5. The van der Waals surface area contributed by atoms with Gasteiger partial charge in [-0.1, -0.05) is 51.4 Å². The molecule has 0 spiro atoms. The maximum Gasteiger partial charge on any atom is 0.341 e. The highest BCUT2D eigenvalue weighted by molar-refractivity contribution is 5.97. The standard InChI is InChI=1S/C51H83FN8O13.5ClH/c1-68-48-40-29(42(63)30(49(66)67)24-60(40)28-14-15-28)19-31(52)41(48)59-23-27-13-12-17-58(35(27)25-59)16-10-8-6-4-2-3-5-7-9-11-18-69-47-39(57)43(64)38(26-61)71-51(47)73-46-33(55)20-32(54)45(44(46)65)72-50-34(56)21-36(62)37(22-53)70-50;;;;;/h19,24,27-28,32-39,43-47,50-51,61-62,64-65H,2-18,20-23,25-26,53-57H2,1H3,(H,66,67);5*1H/t27-,32-,33+,34+,35+,36-,37+,38+,39-,43+,44-,45+,46-,47+,50+,51+;;;;;/m0...../s1. The number of hydrogen-bond donors (Lipinski definition) is 10. The number of nitrogens with zero attached hydrogens (tertiary/aromatic N) is 3. The number of pyridine rings is 1. The van der Waals surface area contributed by atoms with Crippen molar-refractivity contribution in [2.45, 2.75) is 200 Å². The smallest absolute Gasteiger partial charge is 0.341 e. The fraction of sp³-hybridized carbons (Fsp3) is 0.804. The number of methoxy groups -OCH3 is 1. The minimum atomic E-state index is -1.36. The lowest BCUT2D eigenvalue weighted by Crippen LogP contribution is -2.68. The van der Waals surface area contributed by atoms with E-state index in [1.165, 1.54) is 25.8 Å². The lowest BCUT2D eigenvalue weighted by molar-refractivity contribution is -0.320. The van der Waals surface area contributed by atoms with Gasteiger partial charge in [0, 0.05) is 56.6 Å². The fourth-order valence-corrected chi connectivity index (χ4v) is 12.1. The van der Waals surface area contributed by atoms with Crippen molar-refractivity contribution in [1.29, 1.82) is 0 Å². The number of nitrogens with two attached hydrogens (primary N) is 5. The average molecular weight is 1220 g/mol. The second-order valence-corrected chi connectivity index (χ2v) is 21.5. The van der Waals surface area contributed by atoms with E-state index >= 15 is 4.39 Å². The summed E-state index contributed by atoms with van der Waals surface area (Å²) in [7, 11) is 1.49. The maximum atomic E-state index is 16.1. The number of aliphatic hydroxyl groups excluding tert-OH is 4. The summed E-state index contributed by atoms with van der Waals surface area (Å²) in [5.74, 6) is -1.21. The highest BCUT2D eigenvalue weighted by Gasteiger charge is 2.51. The van der Waals surface area contributed by atoms with Crippen LogP contribution in [0.15, 0.2) is 17.1 Å². The number of likely N-dealkylation sites (tertiary alicyclic amines) is 1. The van der Waals surface area contributed by atoms with Gasteiger partial charge in [0.15, 0.2) is 24.1 Å². The molecule has 4 saturated heterocycles. The van der Waals surface area contributed by atoms with E-state index in [-0.39, 0.29) is 98.4 Å². The molecule has 2 saturated carbocycles. The number of halogens is 6. The van der Waals surface area contributed by atoms with Gasteiger partial charge < -0.3 is 92.1 Å². The molecule has 1 aromatic heterocycles. The van der Waals surface area contributed by atoms with Crippen LogP contribution in [-0.4, -0.2) is 186 Å². The first-order valence-electron chi connectivity index (χ1n) is 26.9. The first-order chi connectivity index (χ1) is 35.1. The number of aliphatic hydroxyl groups is 4. The summed E-state index contributed by atoms with van der Waals surface area (Å²) in [6, 6.07) is -1.56. The fourth-order valence-electron chi connectivity index (χ4n) is 12.1. The molecule has 2 aliphatic carbocycles. The molecule has 5 heterocycles. The molecule has 2 aromatic rings. The van der Waals surface area contributed by atoms with Crippen LogP contribution in [0, 0.1) is 11.7 Å². The topological polar surface area (TPSA) is 332 Å². The van der Waals surface area contributed by atoms with E-state index in [9.17, 15) is 35.1 Å². The van der Waals surface area contributed by atoms with E-state index in [0.717, 1.165) is 96.6 Å². The second kappa shape index (κ2) is 32.4. The van der Waals surface area contributed by atoms with Crippen LogP contribution in [0.25, 0.3) is 10.9 Å². The second-order valence-electron chi connectivity index (χ2n) is 21.5. The molecule has 8 rings (SSSR count). The third kappa shape index (κ3) is 16.1. The number of ether oxygens (including phenoxy) is 6. The maximum absolute atomic E-state index is 16.1. The zero-order chi connectivity index (χ0) is 52.1. The molecular weight excluding hydrogens is 1130 g/mol. The summed E-state index contributed by atoms with van der Waals surface area (Å²) < 4.78 is 54.2. The third-order valence-corrected chi connectivity index (χ3v) is 16.3. The minimum absolute atomic E-state index is 0. The van der Waals surface area contributed by atoms with Crippen molar-refractivity contribution in [3.05, 3.63) is 33.9 Å². The van der Waals surface area contributed by atoms with Gasteiger partial charge in [0.25, 0.3) is 0 Å². The van der Waals surface area contributed by atoms with Crippen LogP contribution in [-0.2, 0) is 23.7 Å². The summed E-state index contributed by atoms with van der Waals surface area (Å²) >= 11 is 0. The third-order valence-electron chi connectivity index (χ3n) is 16.3. The Bertz CT molecular complexity index is 2220. The number of unbranched alkanes of at least 4 members (excludes halogenated alkanes) is 9. The number of carboxylic acid groups (broad SMARTS) is 1. The van der Waals surface area contributed by atoms with E-state index in [1.807, 2.05) is 4.57 Å². The van der Waals surface area contributed by atoms with Gasteiger partial charge in [-0.15, -0.1) is 62.0 Å². The Morgan fingerprint density at radius 1 is 0.782 bits per heavy atom. The molecule has 0 radical (unpaired) electrons. The number of carbonyl (C=O) groups is 1. The number of fused-ring (bicyclic) bond motifs is 2. The van der Waals surface area contributed by atoms with Crippen molar-refractivity contribution >= 4 is 84.6 Å². The molecule has 0 amide bonds. The van der Waals surface area contributed by atoms with Gasteiger partial charge in [-0.25, -0.2) is 9.18 Å². The molecule has 15 N–H and O–H groups in total. The molecule has 1 aromatic carbocycles. The van der Waals surface area contributed by atoms with Crippen LogP contribution in [0.1, 0.15) is 119 Å². The molecule has 6 aliphatic rings. The Balaban J connectivity index is 0.00000320. The number of piperidine rings is 1. The molecule has 27 heteroatoms. The van der Waals surface area contributed by atoms with Crippen LogP contribution in [0.2, 0.25) is 0 Å². The summed E-state index contributed by atoms with van der Waals surface area (Å²) in [6.45, 7) is 3.21. The van der Waals surface area contributed by atoms with Crippen LogP contribution < -0.4 is 43.7 Å². The number of carboxylic acids is 1. The van der Waals surface area contributed by atoms with Crippen molar-refractivity contribution in [3.8, 4) is 5.75 Å². The van der Waals surface area contributed by atoms with Crippen LogP contribution in [0.3, 0.4) is 0 Å². The molecule has 78 heavy (non-hydrogen) atoms. The van der Waals surface area contributed by atoms with Crippen LogP contribution >= 0.6 is 62.0 Å². The van der Waals surface area contributed by atoms with Gasteiger partial charge in [0.05, 0.1) is 48.9 Å². The Morgan fingerprint density at radius 2 is 1.38 bits per heavy atom. The molecule has 6 fully saturated rings. The van der Waals surface area contributed by atoms with E-state index in [1.54, 1.807) is 0 Å². The van der Waals surface area contributed by atoms with E-state index in [4.69, 9.17) is 57.1 Å². The number of rotatable bonds is 24. The summed E-state index contributed by atoms with van der Waals surface area (Å²) in [5.41, 5.74) is 31.1. The highest BCUT2D eigenvalue weighted by Crippen LogP contribution is 2.46. The summed E-state index contributed by atoms with van der Waals surface area (Å²) in [6.07, 6.45) is 5.94. The average Bonchev–Trinajstić information content (AvgIpc) is 4.12. The molecule has 452 valence electrons.